The van der Waals surface area contributed by atoms with Crippen molar-refractivity contribution in [2.45, 2.75) is 13.8 Å². The Kier molecular flexibility index (Phi) is 4.22. The van der Waals surface area contributed by atoms with Crippen molar-refractivity contribution in [2.24, 2.45) is 0 Å². The SMILES string of the molecule is Cc1cc(NC(=O)c2cc(C)n(-c3ccccc3Cl)n2)c[nH]c1=O. The van der Waals surface area contributed by atoms with Gasteiger partial charge in [0.1, 0.15) is 0 Å². The van der Waals surface area contributed by atoms with E-state index >= 15 is 0 Å². The maximum Gasteiger partial charge on any atom is 0.276 e. The summed E-state index contributed by atoms with van der Waals surface area (Å²) in [5.41, 5.74) is 2.58. The quantitative estimate of drug-likeness (QED) is 0.767. The number of aromatic amines is 1. The smallest absolute Gasteiger partial charge is 0.276 e. The first-order valence-corrected chi connectivity index (χ1v) is 7.66. The molecular weight excluding hydrogens is 328 g/mol. The fraction of sp³-hybridized carbons (Fsp3) is 0.118. The molecule has 0 aliphatic rings. The molecule has 1 amide bonds. The zero-order valence-electron chi connectivity index (χ0n) is 13.1. The van der Waals surface area contributed by atoms with E-state index < -0.39 is 0 Å². The fourth-order valence-corrected chi connectivity index (χ4v) is 2.53. The number of amides is 1. The molecule has 0 aliphatic carbocycles. The van der Waals surface area contributed by atoms with Crippen molar-refractivity contribution in [3.8, 4) is 5.69 Å². The van der Waals surface area contributed by atoms with Crippen LogP contribution in [0.25, 0.3) is 5.69 Å². The van der Waals surface area contributed by atoms with Gasteiger partial charge in [0.15, 0.2) is 5.69 Å². The van der Waals surface area contributed by atoms with Crippen LogP contribution >= 0.6 is 11.6 Å². The van der Waals surface area contributed by atoms with E-state index in [9.17, 15) is 9.59 Å². The Balaban J connectivity index is 1.89. The number of carbonyl (C=O) groups is 1. The number of benzene rings is 1. The number of halogens is 1. The summed E-state index contributed by atoms with van der Waals surface area (Å²) in [6, 6.07) is 10.6. The topological polar surface area (TPSA) is 79.8 Å². The van der Waals surface area contributed by atoms with E-state index in [1.807, 2.05) is 25.1 Å². The van der Waals surface area contributed by atoms with Gasteiger partial charge in [0.05, 0.1) is 16.4 Å². The number of rotatable bonds is 3. The molecule has 0 bridgehead atoms. The van der Waals surface area contributed by atoms with Crippen LogP contribution in [-0.2, 0) is 0 Å². The Hall–Kier alpha value is -2.86. The zero-order valence-corrected chi connectivity index (χ0v) is 13.9. The normalized spacial score (nSPS) is 10.6. The molecule has 122 valence electrons. The second-order valence-electron chi connectivity index (χ2n) is 5.39. The van der Waals surface area contributed by atoms with Crippen molar-refractivity contribution < 1.29 is 4.79 Å². The van der Waals surface area contributed by atoms with Gasteiger partial charge < -0.3 is 10.3 Å². The predicted octanol–water partition coefficient (Wildman–Crippen LogP) is 3.08. The second-order valence-corrected chi connectivity index (χ2v) is 5.80. The molecule has 0 spiro atoms. The lowest BCUT2D eigenvalue weighted by molar-refractivity contribution is 0.102. The van der Waals surface area contributed by atoms with Crippen LogP contribution in [0.4, 0.5) is 5.69 Å². The first-order valence-electron chi connectivity index (χ1n) is 7.28. The number of aryl methyl sites for hydroxylation is 2. The molecular formula is C17H15ClN4O2. The molecule has 6 nitrogen and oxygen atoms in total. The Morgan fingerprint density at radius 1 is 1.25 bits per heavy atom. The first-order chi connectivity index (χ1) is 11.5. The lowest BCUT2D eigenvalue weighted by Crippen LogP contribution is -2.16. The number of anilines is 1. The van der Waals surface area contributed by atoms with Gasteiger partial charge in [0.25, 0.3) is 11.5 Å². The highest BCUT2D eigenvalue weighted by Crippen LogP contribution is 2.21. The molecule has 0 saturated carbocycles. The van der Waals surface area contributed by atoms with E-state index in [1.165, 1.54) is 6.20 Å². The van der Waals surface area contributed by atoms with Gasteiger partial charge >= 0.3 is 0 Å². The van der Waals surface area contributed by atoms with Gasteiger partial charge in [-0.15, -0.1) is 0 Å². The van der Waals surface area contributed by atoms with E-state index in [1.54, 1.807) is 29.8 Å². The van der Waals surface area contributed by atoms with Crippen LogP contribution in [0.15, 0.2) is 47.4 Å². The lowest BCUT2D eigenvalue weighted by atomic mass is 10.3. The molecule has 7 heteroatoms. The van der Waals surface area contributed by atoms with E-state index in [-0.39, 0.29) is 17.2 Å². The summed E-state index contributed by atoms with van der Waals surface area (Å²) in [6.07, 6.45) is 1.45. The Bertz CT molecular complexity index is 975. The van der Waals surface area contributed by atoms with Crippen LogP contribution in [0.1, 0.15) is 21.7 Å². The van der Waals surface area contributed by atoms with Gasteiger partial charge in [-0.3, -0.25) is 9.59 Å². The maximum atomic E-state index is 12.4. The van der Waals surface area contributed by atoms with Gasteiger partial charge in [0.2, 0.25) is 0 Å². The third-order valence-electron chi connectivity index (χ3n) is 3.55. The Labute approximate surface area is 143 Å². The van der Waals surface area contributed by atoms with Crippen molar-refractivity contribution in [3.05, 3.63) is 74.9 Å². The number of pyridine rings is 1. The molecule has 1 aromatic carbocycles. The highest BCUT2D eigenvalue weighted by Gasteiger charge is 2.15. The first kappa shape index (κ1) is 16.0. The van der Waals surface area contributed by atoms with Crippen LogP contribution in [0.2, 0.25) is 5.02 Å². The molecule has 0 unspecified atom stereocenters. The predicted molar refractivity (Wildman–Crippen MR) is 93.1 cm³/mol. The average molecular weight is 343 g/mol. The second kappa shape index (κ2) is 6.33. The summed E-state index contributed by atoms with van der Waals surface area (Å²) in [6.45, 7) is 3.52. The maximum absolute atomic E-state index is 12.4. The van der Waals surface area contributed by atoms with Crippen molar-refractivity contribution in [3.63, 3.8) is 0 Å². The summed E-state index contributed by atoms with van der Waals surface area (Å²) >= 11 is 6.19. The van der Waals surface area contributed by atoms with Gasteiger partial charge in [-0.05, 0) is 38.1 Å². The molecule has 2 aromatic heterocycles. The number of hydrogen-bond acceptors (Lipinski definition) is 3. The van der Waals surface area contributed by atoms with Crippen LogP contribution in [0.3, 0.4) is 0 Å². The number of aromatic nitrogens is 3. The Morgan fingerprint density at radius 2 is 2.00 bits per heavy atom. The third kappa shape index (κ3) is 3.09. The number of para-hydroxylation sites is 1. The van der Waals surface area contributed by atoms with E-state index in [4.69, 9.17) is 11.6 Å². The van der Waals surface area contributed by atoms with Crippen molar-refractivity contribution >= 4 is 23.2 Å². The molecule has 0 atom stereocenters. The van der Waals surface area contributed by atoms with Crippen molar-refractivity contribution in [2.75, 3.05) is 5.32 Å². The van der Waals surface area contributed by atoms with Gasteiger partial charge in [0, 0.05) is 17.5 Å². The zero-order chi connectivity index (χ0) is 17.3. The largest absolute Gasteiger partial charge is 0.327 e. The number of H-pyrrole nitrogens is 1. The van der Waals surface area contributed by atoms with Crippen LogP contribution in [0.5, 0.6) is 0 Å². The molecule has 2 N–H and O–H groups in total. The minimum Gasteiger partial charge on any atom is -0.327 e. The molecule has 0 aliphatic heterocycles. The molecule has 24 heavy (non-hydrogen) atoms. The standard InChI is InChI=1S/C17H15ClN4O2/c1-10-7-12(9-19-16(10)23)20-17(24)14-8-11(2)22(21-14)15-6-4-3-5-13(15)18/h3-9H,1-2H3,(H,19,23)(H,20,24). The summed E-state index contributed by atoms with van der Waals surface area (Å²) in [5.74, 6) is -0.365. The number of nitrogens with one attached hydrogen (secondary N) is 2. The third-order valence-corrected chi connectivity index (χ3v) is 3.87. The van der Waals surface area contributed by atoms with Crippen molar-refractivity contribution in [1.29, 1.82) is 0 Å². The summed E-state index contributed by atoms with van der Waals surface area (Å²) < 4.78 is 1.62. The number of hydrogen-bond donors (Lipinski definition) is 2. The summed E-state index contributed by atoms with van der Waals surface area (Å²) in [5, 5.41) is 7.59. The van der Waals surface area contributed by atoms with Crippen LogP contribution < -0.4 is 10.9 Å². The minimum atomic E-state index is -0.365. The highest BCUT2D eigenvalue weighted by atomic mass is 35.5. The van der Waals surface area contributed by atoms with Crippen molar-refractivity contribution in [1.82, 2.24) is 14.8 Å². The molecule has 3 aromatic rings. The average Bonchev–Trinajstić information content (AvgIpc) is 2.93. The van der Waals surface area contributed by atoms with Gasteiger partial charge in [-0.25, -0.2) is 4.68 Å². The Morgan fingerprint density at radius 3 is 2.71 bits per heavy atom. The van der Waals surface area contributed by atoms with E-state index in [0.29, 0.717) is 22.0 Å². The lowest BCUT2D eigenvalue weighted by Gasteiger charge is -2.06. The van der Waals surface area contributed by atoms with E-state index in [0.717, 1.165) is 5.69 Å². The number of carbonyl (C=O) groups excluding carboxylic acids is 1. The van der Waals surface area contributed by atoms with Gasteiger partial charge in [-0.2, -0.15) is 5.10 Å². The van der Waals surface area contributed by atoms with E-state index in [2.05, 4.69) is 15.4 Å². The highest BCUT2D eigenvalue weighted by molar-refractivity contribution is 6.32. The summed E-state index contributed by atoms with van der Waals surface area (Å²) in [7, 11) is 0. The molecule has 2 heterocycles. The molecule has 0 radical (unpaired) electrons. The fourth-order valence-electron chi connectivity index (χ4n) is 2.32. The van der Waals surface area contributed by atoms with Gasteiger partial charge in [-0.1, -0.05) is 23.7 Å². The van der Waals surface area contributed by atoms with Crippen LogP contribution in [0, 0.1) is 13.8 Å². The molecule has 0 saturated heterocycles. The monoisotopic (exact) mass is 342 g/mol. The number of nitrogens with zero attached hydrogens (tertiary/aromatic N) is 2. The molecule has 3 rings (SSSR count). The van der Waals surface area contributed by atoms with Crippen LogP contribution in [-0.4, -0.2) is 20.7 Å². The minimum absolute atomic E-state index is 0.188. The summed E-state index contributed by atoms with van der Waals surface area (Å²) in [4.78, 5) is 26.3. The molecule has 0 fully saturated rings.